The van der Waals surface area contributed by atoms with Crippen LogP contribution in [0.15, 0.2) is 18.2 Å². The van der Waals surface area contributed by atoms with Crippen LogP contribution in [0.3, 0.4) is 0 Å². The zero-order chi connectivity index (χ0) is 18.2. The van der Waals surface area contributed by atoms with E-state index in [2.05, 4.69) is 0 Å². The Hall–Kier alpha value is -2.29. The van der Waals surface area contributed by atoms with Crippen molar-refractivity contribution in [1.82, 2.24) is 0 Å². The first-order valence-electron chi connectivity index (χ1n) is 7.91. The predicted octanol–water partition coefficient (Wildman–Crippen LogP) is 1.38. The number of morpholine rings is 1. The number of nitrogens with zero attached hydrogens (tertiary/aromatic N) is 2. The summed E-state index contributed by atoms with van der Waals surface area (Å²) < 4.78 is 44.6. The molecule has 0 bridgehead atoms. The first-order valence-corrected chi connectivity index (χ1v) is 7.91. The summed E-state index contributed by atoms with van der Waals surface area (Å²) in [7, 11) is 0. The Labute approximate surface area is 142 Å². The Bertz CT molecular complexity index is 687. The maximum Gasteiger partial charge on any atom is 0.416 e. The third-order valence-corrected chi connectivity index (χ3v) is 4.47. The van der Waals surface area contributed by atoms with Crippen molar-refractivity contribution >= 4 is 23.2 Å². The molecule has 0 saturated carbocycles. The molecule has 0 spiro atoms. The van der Waals surface area contributed by atoms with Crippen LogP contribution < -0.4 is 15.5 Å². The average molecular weight is 357 g/mol. The molecule has 0 aliphatic carbocycles. The highest BCUT2D eigenvalue weighted by Gasteiger charge is 2.38. The molecule has 2 amide bonds. The molecule has 9 heteroatoms. The van der Waals surface area contributed by atoms with E-state index in [0.29, 0.717) is 32.0 Å². The fraction of sp³-hybridized carbons (Fsp3) is 0.500. The summed E-state index contributed by atoms with van der Waals surface area (Å²) >= 11 is 0. The highest BCUT2D eigenvalue weighted by atomic mass is 19.4. The number of ether oxygens (including phenoxy) is 1. The molecule has 2 aliphatic heterocycles. The summed E-state index contributed by atoms with van der Waals surface area (Å²) in [5.74, 6) is -1.73. The van der Waals surface area contributed by atoms with Gasteiger partial charge in [0.25, 0.3) is 0 Å². The minimum atomic E-state index is -4.52. The van der Waals surface area contributed by atoms with Crippen molar-refractivity contribution in [3.8, 4) is 0 Å². The second-order valence-corrected chi connectivity index (χ2v) is 6.11. The molecule has 3 rings (SSSR count). The fourth-order valence-electron chi connectivity index (χ4n) is 3.12. The molecule has 0 radical (unpaired) electrons. The van der Waals surface area contributed by atoms with Crippen LogP contribution in [0.4, 0.5) is 24.5 Å². The van der Waals surface area contributed by atoms with E-state index in [0.717, 1.165) is 12.1 Å². The number of hydrogen-bond donors (Lipinski definition) is 1. The van der Waals surface area contributed by atoms with Crippen LogP contribution in [0.5, 0.6) is 0 Å². The Kier molecular flexibility index (Phi) is 4.59. The van der Waals surface area contributed by atoms with E-state index < -0.39 is 29.5 Å². The molecule has 2 N–H and O–H groups in total. The van der Waals surface area contributed by atoms with Crippen molar-refractivity contribution in [3.63, 3.8) is 0 Å². The molecule has 2 saturated heterocycles. The van der Waals surface area contributed by atoms with Crippen molar-refractivity contribution in [2.75, 3.05) is 42.6 Å². The predicted molar refractivity (Wildman–Crippen MR) is 84.1 cm³/mol. The van der Waals surface area contributed by atoms with Gasteiger partial charge in [-0.3, -0.25) is 9.59 Å². The van der Waals surface area contributed by atoms with Gasteiger partial charge in [0, 0.05) is 26.1 Å². The van der Waals surface area contributed by atoms with Crippen molar-refractivity contribution < 1.29 is 27.5 Å². The second-order valence-electron chi connectivity index (χ2n) is 6.11. The smallest absolute Gasteiger partial charge is 0.378 e. The molecule has 2 aliphatic rings. The molecule has 0 unspecified atom stereocenters. The van der Waals surface area contributed by atoms with Gasteiger partial charge in [0.15, 0.2) is 0 Å². The van der Waals surface area contributed by atoms with Crippen LogP contribution >= 0.6 is 0 Å². The number of nitrogens with two attached hydrogens (primary N) is 1. The largest absolute Gasteiger partial charge is 0.416 e. The summed E-state index contributed by atoms with van der Waals surface area (Å²) in [6.45, 7) is 1.93. The lowest BCUT2D eigenvalue weighted by Gasteiger charge is -2.33. The molecule has 1 aromatic carbocycles. The minimum absolute atomic E-state index is 0.00713. The first-order chi connectivity index (χ1) is 11.8. The van der Waals surface area contributed by atoms with Crippen LogP contribution in [0, 0.1) is 5.92 Å². The zero-order valence-electron chi connectivity index (χ0n) is 13.4. The van der Waals surface area contributed by atoms with E-state index in [9.17, 15) is 22.8 Å². The van der Waals surface area contributed by atoms with Gasteiger partial charge < -0.3 is 20.3 Å². The van der Waals surface area contributed by atoms with Gasteiger partial charge in [-0.2, -0.15) is 13.2 Å². The standard InChI is InChI=1S/C16H18F3N3O3/c17-16(18,19)11-1-2-12(21-3-5-25-6-4-21)13(8-11)22-9-10(15(20)24)7-14(22)23/h1-2,8,10H,3-7,9H2,(H2,20,24)/t10-/m0/s1. The van der Waals surface area contributed by atoms with Gasteiger partial charge in [0.1, 0.15) is 0 Å². The van der Waals surface area contributed by atoms with Crippen molar-refractivity contribution in [1.29, 1.82) is 0 Å². The number of halogens is 3. The van der Waals surface area contributed by atoms with Crippen molar-refractivity contribution in [2.45, 2.75) is 12.6 Å². The summed E-state index contributed by atoms with van der Waals surface area (Å²) in [5, 5.41) is 0. The van der Waals surface area contributed by atoms with E-state index >= 15 is 0 Å². The number of primary amides is 1. The molecule has 2 heterocycles. The fourth-order valence-corrected chi connectivity index (χ4v) is 3.12. The lowest BCUT2D eigenvalue weighted by Crippen LogP contribution is -2.38. The third kappa shape index (κ3) is 3.55. The van der Waals surface area contributed by atoms with Crippen LogP contribution in [0.2, 0.25) is 0 Å². The van der Waals surface area contributed by atoms with Gasteiger partial charge in [-0.25, -0.2) is 0 Å². The Morgan fingerprint density at radius 2 is 1.88 bits per heavy atom. The molecule has 1 aromatic rings. The van der Waals surface area contributed by atoms with E-state index in [4.69, 9.17) is 10.5 Å². The van der Waals surface area contributed by atoms with Crippen LogP contribution in [0.25, 0.3) is 0 Å². The Morgan fingerprint density at radius 1 is 1.20 bits per heavy atom. The molecular weight excluding hydrogens is 339 g/mol. The maximum atomic E-state index is 13.1. The Morgan fingerprint density at radius 3 is 2.44 bits per heavy atom. The number of anilines is 2. The molecule has 2 fully saturated rings. The van der Waals surface area contributed by atoms with Crippen molar-refractivity contribution in [2.24, 2.45) is 11.7 Å². The lowest BCUT2D eigenvalue weighted by molar-refractivity contribution is -0.137. The van der Waals surface area contributed by atoms with Gasteiger partial charge in [-0.15, -0.1) is 0 Å². The number of alkyl halides is 3. The Balaban J connectivity index is 2.01. The van der Waals surface area contributed by atoms with Gasteiger partial charge in [0.2, 0.25) is 11.8 Å². The number of benzene rings is 1. The number of hydrogen-bond acceptors (Lipinski definition) is 4. The monoisotopic (exact) mass is 357 g/mol. The highest BCUT2D eigenvalue weighted by Crippen LogP contribution is 2.39. The van der Waals surface area contributed by atoms with E-state index in [1.807, 2.05) is 4.90 Å². The second kappa shape index (κ2) is 6.55. The molecule has 136 valence electrons. The van der Waals surface area contributed by atoms with E-state index in [1.165, 1.54) is 11.0 Å². The van der Waals surface area contributed by atoms with E-state index in [1.54, 1.807) is 0 Å². The molecular formula is C16H18F3N3O3. The number of rotatable bonds is 3. The van der Waals surface area contributed by atoms with Gasteiger partial charge in [-0.05, 0) is 18.2 Å². The lowest BCUT2D eigenvalue weighted by atomic mass is 10.1. The number of amides is 2. The summed E-state index contributed by atoms with van der Waals surface area (Å²) in [6, 6.07) is 3.33. The molecule has 6 nitrogen and oxygen atoms in total. The van der Waals surface area contributed by atoms with Crippen LogP contribution in [-0.2, 0) is 20.5 Å². The van der Waals surface area contributed by atoms with Crippen LogP contribution in [-0.4, -0.2) is 44.7 Å². The van der Waals surface area contributed by atoms with Crippen LogP contribution in [0.1, 0.15) is 12.0 Å². The highest BCUT2D eigenvalue weighted by molar-refractivity contribution is 6.02. The summed E-state index contributed by atoms with van der Waals surface area (Å²) in [4.78, 5) is 26.8. The van der Waals surface area contributed by atoms with E-state index in [-0.39, 0.29) is 18.7 Å². The number of carbonyl (C=O) groups excluding carboxylic acids is 2. The zero-order valence-corrected chi connectivity index (χ0v) is 13.4. The normalized spacial score (nSPS) is 21.7. The quantitative estimate of drug-likeness (QED) is 0.887. The molecule has 0 aromatic heterocycles. The van der Waals surface area contributed by atoms with Gasteiger partial charge in [-0.1, -0.05) is 0 Å². The molecule has 25 heavy (non-hydrogen) atoms. The summed E-state index contributed by atoms with van der Waals surface area (Å²) in [5.41, 5.74) is 5.10. The average Bonchev–Trinajstić information content (AvgIpc) is 2.96. The number of carbonyl (C=O) groups is 2. The maximum absolute atomic E-state index is 13.1. The molecule has 1 atom stereocenters. The minimum Gasteiger partial charge on any atom is -0.378 e. The topological polar surface area (TPSA) is 75.9 Å². The third-order valence-electron chi connectivity index (χ3n) is 4.47. The summed E-state index contributed by atoms with van der Waals surface area (Å²) in [6.07, 6.45) is -4.61. The van der Waals surface area contributed by atoms with Crippen molar-refractivity contribution in [3.05, 3.63) is 23.8 Å². The van der Waals surface area contributed by atoms with Gasteiger partial charge >= 0.3 is 6.18 Å². The SMILES string of the molecule is NC(=O)[C@H]1CC(=O)N(c2cc(C(F)(F)F)ccc2N2CCOCC2)C1. The first kappa shape index (κ1) is 17.5. The van der Waals surface area contributed by atoms with Gasteiger partial charge in [0.05, 0.1) is 36.1 Å².